The van der Waals surface area contributed by atoms with E-state index in [0.717, 1.165) is 16.9 Å². The molecule has 0 saturated carbocycles. The van der Waals surface area contributed by atoms with Crippen LogP contribution in [0.2, 0.25) is 0 Å². The van der Waals surface area contributed by atoms with Gasteiger partial charge in [0.1, 0.15) is 0 Å². The number of anilines is 3. The molecule has 1 aromatic heterocycles. The fourth-order valence-corrected chi connectivity index (χ4v) is 3.82. The highest BCUT2D eigenvalue weighted by Gasteiger charge is 2.22. The van der Waals surface area contributed by atoms with Gasteiger partial charge in [-0.05, 0) is 61.9 Å². The van der Waals surface area contributed by atoms with Gasteiger partial charge in [-0.1, -0.05) is 48.5 Å². The zero-order valence-electron chi connectivity index (χ0n) is 20.7. The number of amides is 1. The van der Waals surface area contributed by atoms with Crippen LogP contribution in [0.3, 0.4) is 0 Å². The van der Waals surface area contributed by atoms with Gasteiger partial charge >= 0.3 is 5.97 Å². The first-order chi connectivity index (χ1) is 17.9. The van der Waals surface area contributed by atoms with Crippen molar-refractivity contribution >= 4 is 28.9 Å². The van der Waals surface area contributed by atoms with Crippen LogP contribution in [0, 0.1) is 0 Å². The number of rotatable bonds is 9. The standard InChI is InChI=1S/C29H28N4O4/c1-21(2)33(25-15-13-24(14-16-25)30-23-11-7-4-8-12-23)28(35)20-37-29(36)26-17-18-27(34)32(31-26)19-22-9-5-3-6-10-22/h3-18,21,30H,19-20H2,1-2H3. The summed E-state index contributed by atoms with van der Waals surface area (Å²) in [6.07, 6.45) is 0. The average molecular weight is 497 g/mol. The van der Waals surface area contributed by atoms with E-state index in [1.807, 2.05) is 98.8 Å². The smallest absolute Gasteiger partial charge is 0.359 e. The number of nitrogens with zero attached hydrogens (tertiary/aromatic N) is 3. The zero-order valence-corrected chi connectivity index (χ0v) is 20.7. The van der Waals surface area contributed by atoms with Gasteiger partial charge in [0.15, 0.2) is 12.3 Å². The summed E-state index contributed by atoms with van der Waals surface area (Å²) in [6, 6.07) is 29.0. The van der Waals surface area contributed by atoms with Gasteiger partial charge in [-0.25, -0.2) is 9.48 Å². The fraction of sp³-hybridized carbons (Fsp3) is 0.172. The molecule has 8 nitrogen and oxygen atoms in total. The average Bonchev–Trinajstić information content (AvgIpc) is 2.90. The highest BCUT2D eigenvalue weighted by molar-refractivity contribution is 5.97. The van der Waals surface area contributed by atoms with Crippen LogP contribution in [0.1, 0.15) is 29.9 Å². The molecule has 0 bridgehead atoms. The molecule has 37 heavy (non-hydrogen) atoms. The van der Waals surface area contributed by atoms with Crippen LogP contribution in [0.4, 0.5) is 17.1 Å². The Bertz CT molecular complexity index is 1400. The Labute approximate surface area is 215 Å². The molecule has 4 aromatic rings. The minimum absolute atomic E-state index is 0.0456. The van der Waals surface area contributed by atoms with Crippen LogP contribution in [-0.2, 0) is 16.1 Å². The molecule has 4 rings (SSSR count). The second kappa shape index (κ2) is 11.8. The summed E-state index contributed by atoms with van der Waals surface area (Å²) in [5.41, 5.74) is 3.01. The van der Waals surface area contributed by atoms with Crippen molar-refractivity contribution in [3.63, 3.8) is 0 Å². The largest absolute Gasteiger partial charge is 0.451 e. The topological polar surface area (TPSA) is 93.5 Å². The Kier molecular flexibility index (Phi) is 8.10. The molecule has 0 aliphatic rings. The first-order valence-electron chi connectivity index (χ1n) is 11.9. The van der Waals surface area contributed by atoms with Gasteiger partial charge in [-0.15, -0.1) is 0 Å². The van der Waals surface area contributed by atoms with E-state index in [4.69, 9.17) is 4.74 Å². The van der Waals surface area contributed by atoms with Crippen molar-refractivity contribution in [2.24, 2.45) is 0 Å². The number of carbonyl (C=O) groups is 2. The lowest BCUT2D eigenvalue weighted by molar-refractivity contribution is -0.122. The molecule has 0 spiro atoms. The molecule has 0 atom stereocenters. The lowest BCUT2D eigenvalue weighted by Gasteiger charge is -2.27. The fourth-order valence-electron chi connectivity index (χ4n) is 3.82. The van der Waals surface area contributed by atoms with Gasteiger partial charge in [-0.2, -0.15) is 5.10 Å². The minimum Gasteiger partial charge on any atom is -0.451 e. The molecule has 1 heterocycles. The summed E-state index contributed by atoms with van der Waals surface area (Å²) in [7, 11) is 0. The second-order valence-corrected chi connectivity index (χ2v) is 8.67. The van der Waals surface area contributed by atoms with Gasteiger partial charge in [0.25, 0.3) is 11.5 Å². The molecule has 0 saturated heterocycles. The maximum Gasteiger partial charge on any atom is 0.359 e. The van der Waals surface area contributed by atoms with E-state index in [1.165, 1.54) is 16.8 Å². The number of carbonyl (C=O) groups excluding carboxylic acids is 2. The van der Waals surface area contributed by atoms with Crippen molar-refractivity contribution in [2.45, 2.75) is 26.4 Å². The third-order valence-corrected chi connectivity index (χ3v) is 5.57. The molecule has 0 unspecified atom stereocenters. The Hall–Kier alpha value is -4.72. The number of benzene rings is 3. The van der Waals surface area contributed by atoms with E-state index < -0.39 is 12.6 Å². The van der Waals surface area contributed by atoms with Crippen LogP contribution < -0.4 is 15.8 Å². The summed E-state index contributed by atoms with van der Waals surface area (Å²) in [5.74, 6) is -1.15. The predicted octanol–water partition coefficient (Wildman–Crippen LogP) is 4.63. The van der Waals surface area contributed by atoms with Crippen molar-refractivity contribution in [3.8, 4) is 0 Å². The van der Waals surface area contributed by atoms with Crippen LogP contribution in [-0.4, -0.2) is 34.3 Å². The number of hydrogen-bond acceptors (Lipinski definition) is 6. The first-order valence-corrected chi connectivity index (χ1v) is 11.9. The lowest BCUT2D eigenvalue weighted by Crippen LogP contribution is -2.40. The normalized spacial score (nSPS) is 10.7. The van der Waals surface area contributed by atoms with Crippen molar-refractivity contribution in [2.75, 3.05) is 16.8 Å². The number of nitrogens with one attached hydrogen (secondary N) is 1. The molecule has 0 aliphatic carbocycles. The summed E-state index contributed by atoms with van der Waals surface area (Å²) in [5, 5.41) is 7.43. The summed E-state index contributed by atoms with van der Waals surface area (Å²) in [6.45, 7) is 3.53. The molecule has 1 amide bonds. The van der Waals surface area contributed by atoms with Crippen LogP contribution in [0.15, 0.2) is 102 Å². The van der Waals surface area contributed by atoms with Crippen LogP contribution in [0.25, 0.3) is 0 Å². The van der Waals surface area contributed by atoms with E-state index in [-0.39, 0.29) is 29.7 Å². The van der Waals surface area contributed by atoms with E-state index in [0.29, 0.717) is 5.69 Å². The Morgan fingerprint density at radius 2 is 1.49 bits per heavy atom. The van der Waals surface area contributed by atoms with Gasteiger partial charge < -0.3 is 15.0 Å². The molecular formula is C29H28N4O4. The van der Waals surface area contributed by atoms with Crippen LogP contribution in [0.5, 0.6) is 0 Å². The van der Waals surface area contributed by atoms with E-state index in [1.54, 1.807) is 4.90 Å². The third kappa shape index (κ3) is 6.70. The van der Waals surface area contributed by atoms with E-state index in [9.17, 15) is 14.4 Å². The Balaban J connectivity index is 1.40. The molecule has 0 fully saturated rings. The summed E-state index contributed by atoms with van der Waals surface area (Å²) < 4.78 is 6.46. The van der Waals surface area contributed by atoms with E-state index in [2.05, 4.69) is 10.4 Å². The minimum atomic E-state index is -0.777. The number of hydrogen-bond donors (Lipinski definition) is 1. The molecule has 188 valence electrons. The number of esters is 1. The van der Waals surface area contributed by atoms with Gasteiger partial charge in [0, 0.05) is 29.2 Å². The monoisotopic (exact) mass is 496 g/mol. The SMILES string of the molecule is CC(C)N(C(=O)COC(=O)c1ccc(=O)n(Cc2ccccc2)n1)c1ccc(Nc2ccccc2)cc1. The lowest BCUT2D eigenvalue weighted by atomic mass is 10.2. The van der Waals surface area contributed by atoms with Crippen molar-refractivity contribution in [1.82, 2.24) is 9.78 Å². The van der Waals surface area contributed by atoms with Crippen molar-refractivity contribution in [3.05, 3.63) is 119 Å². The summed E-state index contributed by atoms with van der Waals surface area (Å²) in [4.78, 5) is 39.4. The zero-order chi connectivity index (χ0) is 26.2. The molecule has 1 N–H and O–H groups in total. The highest BCUT2D eigenvalue weighted by Crippen LogP contribution is 2.23. The third-order valence-electron chi connectivity index (χ3n) is 5.57. The van der Waals surface area contributed by atoms with Crippen molar-refractivity contribution < 1.29 is 14.3 Å². The van der Waals surface area contributed by atoms with Crippen LogP contribution >= 0.6 is 0 Å². The van der Waals surface area contributed by atoms with Gasteiger partial charge in [0.2, 0.25) is 0 Å². The molecule has 3 aromatic carbocycles. The number of ether oxygens (including phenoxy) is 1. The predicted molar refractivity (Wildman–Crippen MR) is 143 cm³/mol. The maximum absolute atomic E-state index is 13.0. The van der Waals surface area contributed by atoms with Gasteiger partial charge in [0.05, 0.1) is 6.54 Å². The number of aromatic nitrogens is 2. The molecule has 8 heteroatoms. The van der Waals surface area contributed by atoms with Gasteiger partial charge in [-0.3, -0.25) is 9.59 Å². The second-order valence-electron chi connectivity index (χ2n) is 8.67. The molecule has 0 radical (unpaired) electrons. The molecule has 0 aliphatic heterocycles. The Morgan fingerprint density at radius 1 is 0.865 bits per heavy atom. The molecular weight excluding hydrogens is 468 g/mol. The number of para-hydroxylation sites is 1. The Morgan fingerprint density at radius 3 is 2.14 bits per heavy atom. The van der Waals surface area contributed by atoms with Crippen molar-refractivity contribution in [1.29, 1.82) is 0 Å². The first kappa shape index (κ1) is 25.4. The maximum atomic E-state index is 13.0. The highest BCUT2D eigenvalue weighted by atomic mass is 16.5. The van der Waals surface area contributed by atoms with E-state index >= 15 is 0 Å². The quantitative estimate of drug-likeness (QED) is 0.340. The summed E-state index contributed by atoms with van der Waals surface area (Å²) >= 11 is 0.